The smallest absolute Gasteiger partial charge is 0.315 e. The van der Waals surface area contributed by atoms with Crippen molar-refractivity contribution in [1.82, 2.24) is 15.5 Å². The van der Waals surface area contributed by atoms with Gasteiger partial charge < -0.3 is 15.1 Å². The highest BCUT2D eigenvalue weighted by atomic mass is 16.4. The molecule has 0 aromatic carbocycles. The SMILES string of the molecule is CCCNC(C)c1nnc(NC2CCC(C)C2)o1. The van der Waals surface area contributed by atoms with Crippen LogP contribution >= 0.6 is 0 Å². The summed E-state index contributed by atoms with van der Waals surface area (Å²) in [4.78, 5) is 0. The summed E-state index contributed by atoms with van der Waals surface area (Å²) < 4.78 is 5.64. The minimum Gasteiger partial charge on any atom is -0.406 e. The maximum Gasteiger partial charge on any atom is 0.315 e. The fourth-order valence-corrected chi connectivity index (χ4v) is 2.43. The summed E-state index contributed by atoms with van der Waals surface area (Å²) in [7, 11) is 0. The van der Waals surface area contributed by atoms with Crippen LogP contribution in [-0.4, -0.2) is 22.8 Å². The van der Waals surface area contributed by atoms with Gasteiger partial charge in [-0.25, -0.2) is 0 Å². The molecule has 0 saturated heterocycles. The van der Waals surface area contributed by atoms with Crippen molar-refractivity contribution in [2.75, 3.05) is 11.9 Å². The second kappa shape index (κ2) is 6.18. The maximum atomic E-state index is 5.64. The molecule has 1 heterocycles. The average molecular weight is 252 g/mol. The molecule has 1 aromatic rings. The van der Waals surface area contributed by atoms with Crippen LogP contribution in [0.2, 0.25) is 0 Å². The van der Waals surface area contributed by atoms with Gasteiger partial charge in [-0.1, -0.05) is 18.9 Å². The summed E-state index contributed by atoms with van der Waals surface area (Å²) in [6.07, 6.45) is 4.78. The highest BCUT2D eigenvalue weighted by molar-refractivity contribution is 5.20. The zero-order chi connectivity index (χ0) is 13.0. The number of aromatic nitrogens is 2. The second-order valence-electron chi connectivity index (χ2n) is 5.38. The first-order valence-corrected chi connectivity index (χ1v) is 7.02. The number of hydrogen-bond donors (Lipinski definition) is 2. The molecule has 1 aromatic heterocycles. The van der Waals surface area contributed by atoms with Crippen LogP contribution in [0.5, 0.6) is 0 Å². The van der Waals surface area contributed by atoms with Gasteiger partial charge in [0.25, 0.3) is 0 Å². The average Bonchev–Trinajstić information content (AvgIpc) is 2.96. The lowest BCUT2D eigenvalue weighted by Crippen LogP contribution is -2.19. The number of anilines is 1. The third-order valence-electron chi connectivity index (χ3n) is 3.53. The molecule has 3 atom stereocenters. The Morgan fingerprint density at radius 3 is 2.89 bits per heavy atom. The molecule has 102 valence electrons. The van der Waals surface area contributed by atoms with E-state index in [9.17, 15) is 0 Å². The molecular formula is C13H24N4O. The van der Waals surface area contributed by atoms with Crippen molar-refractivity contribution in [3.63, 3.8) is 0 Å². The quantitative estimate of drug-likeness (QED) is 0.815. The Labute approximate surface area is 109 Å². The van der Waals surface area contributed by atoms with Crippen LogP contribution in [0.1, 0.15) is 58.4 Å². The zero-order valence-corrected chi connectivity index (χ0v) is 11.6. The molecule has 1 fully saturated rings. The molecule has 1 saturated carbocycles. The van der Waals surface area contributed by atoms with Gasteiger partial charge in [0.1, 0.15) is 0 Å². The Morgan fingerprint density at radius 1 is 1.39 bits per heavy atom. The van der Waals surface area contributed by atoms with Crippen molar-refractivity contribution in [1.29, 1.82) is 0 Å². The highest BCUT2D eigenvalue weighted by Crippen LogP contribution is 2.27. The van der Waals surface area contributed by atoms with Crippen molar-refractivity contribution in [3.8, 4) is 0 Å². The summed E-state index contributed by atoms with van der Waals surface area (Å²) in [6.45, 7) is 7.44. The Kier molecular flexibility index (Phi) is 4.58. The van der Waals surface area contributed by atoms with Crippen molar-refractivity contribution in [2.45, 2.75) is 58.5 Å². The predicted molar refractivity (Wildman–Crippen MR) is 71.4 cm³/mol. The Balaban J connectivity index is 1.85. The summed E-state index contributed by atoms with van der Waals surface area (Å²) >= 11 is 0. The van der Waals surface area contributed by atoms with Crippen LogP contribution in [0.4, 0.5) is 6.01 Å². The molecule has 2 rings (SSSR count). The van der Waals surface area contributed by atoms with Gasteiger partial charge in [-0.3, -0.25) is 0 Å². The van der Waals surface area contributed by atoms with E-state index in [1.165, 1.54) is 19.3 Å². The highest BCUT2D eigenvalue weighted by Gasteiger charge is 2.23. The van der Waals surface area contributed by atoms with E-state index in [2.05, 4.69) is 34.7 Å². The van der Waals surface area contributed by atoms with E-state index in [1.807, 2.05) is 6.92 Å². The van der Waals surface area contributed by atoms with Crippen LogP contribution in [0, 0.1) is 5.92 Å². The lowest BCUT2D eigenvalue weighted by atomic mass is 10.1. The molecule has 0 radical (unpaired) electrons. The molecule has 0 aliphatic heterocycles. The summed E-state index contributed by atoms with van der Waals surface area (Å²) in [5.41, 5.74) is 0. The first-order valence-electron chi connectivity index (χ1n) is 7.02. The molecule has 18 heavy (non-hydrogen) atoms. The van der Waals surface area contributed by atoms with E-state index in [-0.39, 0.29) is 6.04 Å². The molecule has 2 N–H and O–H groups in total. The summed E-state index contributed by atoms with van der Waals surface area (Å²) in [5, 5.41) is 14.8. The van der Waals surface area contributed by atoms with Crippen LogP contribution in [0.3, 0.4) is 0 Å². The van der Waals surface area contributed by atoms with E-state index < -0.39 is 0 Å². The van der Waals surface area contributed by atoms with E-state index >= 15 is 0 Å². The second-order valence-corrected chi connectivity index (χ2v) is 5.38. The fourth-order valence-electron chi connectivity index (χ4n) is 2.43. The molecule has 0 bridgehead atoms. The van der Waals surface area contributed by atoms with E-state index in [4.69, 9.17) is 4.42 Å². The number of hydrogen-bond acceptors (Lipinski definition) is 5. The van der Waals surface area contributed by atoms with Gasteiger partial charge in [-0.05, 0) is 45.1 Å². The number of nitrogens with one attached hydrogen (secondary N) is 2. The van der Waals surface area contributed by atoms with Crippen molar-refractivity contribution >= 4 is 6.01 Å². The Morgan fingerprint density at radius 2 is 2.22 bits per heavy atom. The first-order chi connectivity index (χ1) is 8.69. The molecule has 5 nitrogen and oxygen atoms in total. The van der Waals surface area contributed by atoms with Crippen molar-refractivity contribution < 1.29 is 4.42 Å². The molecule has 5 heteroatoms. The van der Waals surface area contributed by atoms with Gasteiger partial charge >= 0.3 is 6.01 Å². The summed E-state index contributed by atoms with van der Waals surface area (Å²) in [5.74, 6) is 1.46. The molecule has 0 amide bonds. The standard InChI is InChI=1S/C13H24N4O/c1-4-7-14-10(3)12-16-17-13(18-12)15-11-6-5-9(2)8-11/h9-11,14H,4-8H2,1-3H3,(H,15,17). The minimum absolute atomic E-state index is 0.121. The van der Waals surface area contributed by atoms with Crippen LogP contribution in [0.25, 0.3) is 0 Å². The van der Waals surface area contributed by atoms with E-state index in [0.29, 0.717) is 17.9 Å². The van der Waals surface area contributed by atoms with Gasteiger partial charge in [-0.2, -0.15) is 0 Å². The number of nitrogens with zero attached hydrogens (tertiary/aromatic N) is 2. The normalized spacial score (nSPS) is 25.3. The van der Waals surface area contributed by atoms with E-state index in [0.717, 1.165) is 18.9 Å². The predicted octanol–water partition coefficient (Wildman–Crippen LogP) is 2.73. The largest absolute Gasteiger partial charge is 0.406 e. The third kappa shape index (κ3) is 3.45. The minimum atomic E-state index is 0.121. The lowest BCUT2D eigenvalue weighted by molar-refractivity contribution is 0.420. The van der Waals surface area contributed by atoms with Gasteiger partial charge in [0.05, 0.1) is 6.04 Å². The topological polar surface area (TPSA) is 63.0 Å². The molecule has 1 aliphatic carbocycles. The Bertz CT molecular complexity index is 366. The van der Waals surface area contributed by atoms with Gasteiger partial charge in [-0.15, -0.1) is 5.10 Å². The lowest BCUT2D eigenvalue weighted by Gasteiger charge is -2.10. The van der Waals surface area contributed by atoms with Crippen LogP contribution < -0.4 is 10.6 Å². The molecule has 3 unspecified atom stereocenters. The van der Waals surface area contributed by atoms with E-state index in [1.54, 1.807) is 0 Å². The van der Waals surface area contributed by atoms with Crippen molar-refractivity contribution in [2.24, 2.45) is 5.92 Å². The molecule has 0 spiro atoms. The van der Waals surface area contributed by atoms with Crippen LogP contribution in [0.15, 0.2) is 4.42 Å². The van der Waals surface area contributed by atoms with Crippen molar-refractivity contribution in [3.05, 3.63) is 5.89 Å². The monoisotopic (exact) mass is 252 g/mol. The first kappa shape index (κ1) is 13.3. The Hall–Kier alpha value is -1.10. The third-order valence-corrected chi connectivity index (χ3v) is 3.53. The molecule has 1 aliphatic rings. The fraction of sp³-hybridized carbons (Fsp3) is 0.846. The maximum absolute atomic E-state index is 5.64. The summed E-state index contributed by atoms with van der Waals surface area (Å²) in [6, 6.07) is 1.18. The van der Waals surface area contributed by atoms with Gasteiger partial charge in [0.2, 0.25) is 5.89 Å². The van der Waals surface area contributed by atoms with Gasteiger partial charge in [0.15, 0.2) is 0 Å². The number of rotatable bonds is 6. The van der Waals surface area contributed by atoms with Crippen LogP contribution in [-0.2, 0) is 0 Å². The molecular weight excluding hydrogens is 228 g/mol. The zero-order valence-electron chi connectivity index (χ0n) is 11.6. The van der Waals surface area contributed by atoms with Gasteiger partial charge in [0, 0.05) is 6.04 Å².